The van der Waals surface area contributed by atoms with E-state index >= 15 is 0 Å². The number of hydrogen-bond donors (Lipinski definition) is 1. The van der Waals surface area contributed by atoms with Gasteiger partial charge in [-0.2, -0.15) is 0 Å². The lowest BCUT2D eigenvalue weighted by atomic mass is 10.1. The van der Waals surface area contributed by atoms with Gasteiger partial charge >= 0.3 is 0 Å². The van der Waals surface area contributed by atoms with Gasteiger partial charge in [0.1, 0.15) is 5.76 Å². The molecule has 2 N–H and O–H groups in total. The third-order valence-electron chi connectivity index (χ3n) is 3.57. The van der Waals surface area contributed by atoms with Crippen LogP contribution < -0.4 is 15.2 Å². The summed E-state index contributed by atoms with van der Waals surface area (Å²) >= 11 is 0. The molecule has 2 aromatic rings. The molecule has 0 saturated heterocycles. The number of rotatable bonds is 7. The molecular formula is C17H23NO3. The number of furan rings is 1. The Bertz CT molecular complexity index is 551. The van der Waals surface area contributed by atoms with Crippen molar-refractivity contribution in [2.24, 2.45) is 5.73 Å². The SMILES string of the molecule is CCc1ccc(OC(c2ccco2)C(N)CC)c(OC)c1. The van der Waals surface area contributed by atoms with Crippen LogP contribution in [0.1, 0.15) is 37.7 Å². The fraction of sp³-hybridized carbons (Fsp3) is 0.412. The van der Waals surface area contributed by atoms with Crippen LogP contribution in [-0.2, 0) is 6.42 Å². The second-order valence-corrected chi connectivity index (χ2v) is 4.96. The molecule has 114 valence electrons. The van der Waals surface area contributed by atoms with Gasteiger partial charge in [0.25, 0.3) is 0 Å². The van der Waals surface area contributed by atoms with Crippen LogP contribution in [0, 0.1) is 0 Å². The highest BCUT2D eigenvalue weighted by Crippen LogP contribution is 2.33. The maximum absolute atomic E-state index is 6.18. The van der Waals surface area contributed by atoms with Crippen molar-refractivity contribution in [2.45, 2.75) is 38.8 Å². The predicted molar refractivity (Wildman–Crippen MR) is 82.7 cm³/mol. The molecular weight excluding hydrogens is 266 g/mol. The van der Waals surface area contributed by atoms with Gasteiger partial charge in [0, 0.05) is 6.04 Å². The van der Waals surface area contributed by atoms with E-state index in [4.69, 9.17) is 19.6 Å². The first-order valence-corrected chi connectivity index (χ1v) is 7.32. The smallest absolute Gasteiger partial charge is 0.171 e. The molecule has 1 heterocycles. The van der Waals surface area contributed by atoms with Crippen molar-refractivity contribution in [2.75, 3.05) is 7.11 Å². The molecule has 21 heavy (non-hydrogen) atoms. The molecule has 2 unspecified atom stereocenters. The van der Waals surface area contributed by atoms with Crippen LogP contribution in [0.25, 0.3) is 0 Å². The lowest BCUT2D eigenvalue weighted by Crippen LogP contribution is -2.31. The number of nitrogens with two attached hydrogens (primary N) is 1. The van der Waals surface area contributed by atoms with E-state index in [-0.39, 0.29) is 12.1 Å². The zero-order valence-electron chi connectivity index (χ0n) is 12.8. The van der Waals surface area contributed by atoms with E-state index in [0.29, 0.717) is 11.5 Å². The molecule has 4 heteroatoms. The van der Waals surface area contributed by atoms with Gasteiger partial charge in [0.05, 0.1) is 13.4 Å². The minimum atomic E-state index is -0.327. The maximum atomic E-state index is 6.18. The molecule has 0 aliphatic rings. The van der Waals surface area contributed by atoms with Crippen molar-refractivity contribution in [3.05, 3.63) is 47.9 Å². The van der Waals surface area contributed by atoms with Gasteiger partial charge in [-0.1, -0.05) is 19.9 Å². The van der Waals surface area contributed by atoms with E-state index in [1.807, 2.05) is 37.3 Å². The molecule has 0 radical (unpaired) electrons. The lowest BCUT2D eigenvalue weighted by Gasteiger charge is -2.23. The molecule has 0 saturated carbocycles. The molecule has 0 amide bonds. The lowest BCUT2D eigenvalue weighted by molar-refractivity contribution is 0.139. The molecule has 0 aliphatic heterocycles. The standard InChI is InChI=1S/C17H23NO3/c1-4-12-8-9-14(16(11-12)19-3)21-17(13(18)5-2)15-7-6-10-20-15/h6-11,13,17H,4-5,18H2,1-3H3. The monoisotopic (exact) mass is 289 g/mol. The Hall–Kier alpha value is -1.94. The third kappa shape index (κ3) is 3.58. The number of methoxy groups -OCH3 is 1. The predicted octanol–water partition coefficient (Wildman–Crippen LogP) is 3.71. The summed E-state index contributed by atoms with van der Waals surface area (Å²) in [6, 6.07) is 9.53. The summed E-state index contributed by atoms with van der Waals surface area (Å²) in [4.78, 5) is 0. The van der Waals surface area contributed by atoms with Crippen molar-refractivity contribution < 1.29 is 13.9 Å². The number of ether oxygens (including phenoxy) is 2. The van der Waals surface area contributed by atoms with Gasteiger partial charge in [0.2, 0.25) is 0 Å². The maximum Gasteiger partial charge on any atom is 0.171 e. The van der Waals surface area contributed by atoms with Gasteiger partial charge in [-0.25, -0.2) is 0 Å². The normalized spacial score (nSPS) is 13.7. The molecule has 2 atom stereocenters. The van der Waals surface area contributed by atoms with Crippen LogP contribution in [0.15, 0.2) is 41.0 Å². The average Bonchev–Trinajstić information content (AvgIpc) is 3.05. The van der Waals surface area contributed by atoms with Gasteiger partial charge in [-0.15, -0.1) is 0 Å². The molecule has 0 aliphatic carbocycles. The fourth-order valence-corrected chi connectivity index (χ4v) is 2.19. The first-order chi connectivity index (χ1) is 10.2. The molecule has 0 spiro atoms. The third-order valence-corrected chi connectivity index (χ3v) is 3.57. The highest BCUT2D eigenvalue weighted by molar-refractivity contribution is 5.43. The summed E-state index contributed by atoms with van der Waals surface area (Å²) in [5.41, 5.74) is 7.38. The zero-order chi connectivity index (χ0) is 15.2. The van der Waals surface area contributed by atoms with Crippen molar-refractivity contribution in [1.82, 2.24) is 0 Å². The van der Waals surface area contributed by atoms with Crippen LogP contribution >= 0.6 is 0 Å². The van der Waals surface area contributed by atoms with Gasteiger partial charge in [-0.05, 0) is 42.7 Å². The highest BCUT2D eigenvalue weighted by atomic mass is 16.5. The van der Waals surface area contributed by atoms with Crippen LogP contribution in [0.3, 0.4) is 0 Å². The van der Waals surface area contributed by atoms with Crippen LogP contribution in [-0.4, -0.2) is 13.2 Å². The largest absolute Gasteiger partial charge is 0.493 e. The minimum Gasteiger partial charge on any atom is -0.493 e. The van der Waals surface area contributed by atoms with E-state index in [9.17, 15) is 0 Å². The summed E-state index contributed by atoms with van der Waals surface area (Å²) in [5, 5.41) is 0. The highest BCUT2D eigenvalue weighted by Gasteiger charge is 2.24. The summed E-state index contributed by atoms with van der Waals surface area (Å²) < 4.78 is 17.0. The molecule has 2 rings (SSSR count). The van der Waals surface area contributed by atoms with Crippen LogP contribution in [0.5, 0.6) is 11.5 Å². The molecule has 1 aromatic carbocycles. The van der Waals surface area contributed by atoms with Crippen molar-refractivity contribution in [3.63, 3.8) is 0 Å². The number of benzene rings is 1. The summed E-state index contributed by atoms with van der Waals surface area (Å²) in [6.45, 7) is 4.13. The number of hydrogen-bond acceptors (Lipinski definition) is 4. The first-order valence-electron chi connectivity index (χ1n) is 7.32. The Balaban J connectivity index is 2.28. The molecule has 0 bridgehead atoms. The first kappa shape index (κ1) is 15.4. The summed E-state index contributed by atoms with van der Waals surface area (Å²) in [6.07, 6.45) is 3.05. The van der Waals surface area contributed by atoms with E-state index in [2.05, 4.69) is 6.92 Å². The van der Waals surface area contributed by atoms with Gasteiger partial charge in [-0.3, -0.25) is 0 Å². The summed E-state index contributed by atoms with van der Waals surface area (Å²) in [7, 11) is 1.64. The van der Waals surface area contributed by atoms with E-state index in [1.54, 1.807) is 13.4 Å². The molecule has 1 aromatic heterocycles. The number of aryl methyl sites for hydroxylation is 1. The molecule has 4 nitrogen and oxygen atoms in total. The van der Waals surface area contributed by atoms with E-state index in [0.717, 1.165) is 18.6 Å². The topological polar surface area (TPSA) is 57.6 Å². The van der Waals surface area contributed by atoms with Crippen molar-refractivity contribution in [1.29, 1.82) is 0 Å². The Morgan fingerprint density at radius 1 is 1.19 bits per heavy atom. The van der Waals surface area contributed by atoms with Crippen LogP contribution in [0.2, 0.25) is 0 Å². The second kappa shape index (κ2) is 7.18. The fourth-order valence-electron chi connectivity index (χ4n) is 2.19. The van der Waals surface area contributed by atoms with Crippen molar-refractivity contribution in [3.8, 4) is 11.5 Å². The molecule has 0 fully saturated rings. The second-order valence-electron chi connectivity index (χ2n) is 4.96. The summed E-state index contributed by atoms with van der Waals surface area (Å²) in [5.74, 6) is 2.13. The average molecular weight is 289 g/mol. The Morgan fingerprint density at radius 3 is 2.57 bits per heavy atom. The Morgan fingerprint density at radius 2 is 2.00 bits per heavy atom. The van der Waals surface area contributed by atoms with Gasteiger partial charge < -0.3 is 19.6 Å². The Labute approximate surface area is 125 Å². The Kier molecular flexibility index (Phi) is 5.28. The zero-order valence-corrected chi connectivity index (χ0v) is 12.8. The minimum absolute atomic E-state index is 0.147. The van der Waals surface area contributed by atoms with Crippen LogP contribution in [0.4, 0.5) is 0 Å². The van der Waals surface area contributed by atoms with Crippen molar-refractivity contribution >= 4 is 0 Å². The quantitative estimate of drug-likeness (QED) is 0.844. The van der Waals surface area contributed by atoms with Gasteiger partial charge in [0.15, 0.2) is 17.6 Å². The van der Waals surface area contributed by atoms with E-state index < -0.39 is 0 Å². The van der Waals surface area contributed by atoms with E-state index in [1.165, 1.54) is 5.56 Å².